The van der Waals surface area contributed by atoms with Gasteiger partial charge in [-0.15, -0.1) is 0 Å². The van der Waals surface area contributed by atoms with Crippen molar-refractivity contribution in [2.24, 2.45) is 0 Å². The van der Waals surface area contributed by atoms with E-state index in [9.17, 15) is 19.2 Å². The number of carbonyl (C=O) groups is 4. The number of carboxylic acid groups (broad SMARTS) is 1. The topological polar surface area (TPSA) is 113 Å². The Morgan fingerprint density at radius 2 is 1.67 bits per heavy atom. The van der Waals surface area contributed by atoms with E-state index < -0.39 is 29.9 Å². The third kappa shape index (κ3) is 4.38. The standard InChI is InChI=1S/C22H20N2O6/c1-12-8-13(2)10-16(9-12)24-20(26)18(19(25)23-22(24)29)11-15-4-6-17(7-5-15)30-14(3)21(27)28/h4-11,14H,1-3H3,(H,27,28)(H,23,25,29)/b18-11+. The number of urea groups is 1. The first-order valence-corrected chi connectivity index (χ1v) is 9.15. The molecule has 0 aliphatic carbocycles. The molecule has 1 aliphatic rings. The molecule has 2 aromatic carbocycles. The SMILES string of the molecule is Cc1cc(C)cc(N2C(=O)NC(=O)/C(=C\c3ccc(OC(C)C(=O)O)cc3)C2=O)c1. The van der Waals surface area contributed by atoms with Gasteiger partial charge in [0.05, 0.1) is 5.69 Å². The van der Waals surface area contributed by atoms with Crippen LogP contribution in [0.15, 0.2) is 48.0 Å². The van der Waals surface area contributed by atoms with E-state index in [1.165, 1.54) is 25.1 Å². The van der Waals surface area contributed by atoms with Gasteiger partial charge in [0, 0.05) is 0 Å². The van der Waals surface area contributed by atoms with Gasteiger partial charge in [-0.2, -0.15) is 0 Å². The van der Waals surface area contributed by atoms with Crippen LogP contribution in [-0.2, 0) is 14.4 Å². The van der Waals surface area contributed by atoms with Crippen LogP contribution in [0, 0.1) is 13.8 Å². The zero-order valence-corrected chi connectivity index (χ0v) is 16.6. The lowest BCUT2D eigenvalue weighted by Crippen LogP contribution is -2.54. The second-order valence-electron chi connectivity index (χ2n) is 6.97. The fourth-order valence-electron chi connectivity index (χ4n) is 3.04. The first-order chi connectivity index (χ1) is 14.2. The number of amides is 4. The van der Waals surface area contributed by atoms with Crippen molar-refractivity contribution in [3.63, 3.8) is 0 Å². The van der Waals surface area contributed by atoms with E-state index in [1.807, 2.05) is 19.9 Å². The summed E-state index contributed by atoms with van der Waals surface area (Å²) in [6.45, 7) is 5.10. The van der Waals surface area contributed by atoms with E-state index in [4.69, 9.17) is 9.84 Å². The molecular formula is C22H20N2O6. The molecule has 30 heavy (non-hydrogen) atoms. The first kappa shape index (κ1) is 20.8. The van der Waals surface area contributed by atoms with Gasteiger partial charge >= 0.3 is 12.0 Å². The summed E-state index contributed by atoms with van der Waals surface area (Å²) in [5, 5.41) is 11.1. The lowest BCUT2D eigenvalue weighted by atomic mass is 10.1. The number of rotatable bonds is 5. The van der Waals surface area contributed by atoms with Crippen molar-refractivity contribution >= 4 is 35.6 Å². The molecule has 1 heterocycles. The Morgan fingerprint density at radius 1 is 1.07 bits per heavy atom. The van der Waals surface area contributed by atoms with Gasteiger partial charge in [0.15, 0.2) is 6.10 Å². The van der Waals surface area contributed by atoms with Crippen LogP contribution in [0.25, 0.3) is 6.08 Å². The molecule has 154 valence electrons. The van der Waals surface area contributed by atoms with Crippen LogP contribution in [0.5, 0.6) is 5.75 Å². The van der Waals surface area contributed by atoms with Crippen LogP contribution >= 0.6 is 0 Å². The van der Waals surface area contributed by atoms with Crippen molar-refractivity contribution in [3.8, 4) is 5.75 Å². The van der Waals surface area contributed by atoms with Crippen LogP contribution < -0.4 is 15.0 Å². The van der Waals surface area contributed by atoms with E-state index in [1.54, 1.807) is 24.3 Å². The van der Waals surface area contributed by atoms with Gasteiger partial charge in [-0.3, -0.25) is 14.9 Å². The maximum atomic E-state index is 12.9. The first-order valence-electron chi connectivity index (χ1n) is 9.15. The van der Waals surface area contributed by atoms with Crippen LogP contribution in [0.2, 0.25) is 0 Å². The van der Waals surface area contributed by atoms with Crippen LogP contribution in [-0.4, -0.2) is 35.0 Å². The molecule has 1 atom stereocenters. The minimum atomic E-state index is -1.10. The third-order valence-electron chi connectivity index (χ3n) is 4.42. The minimum absolute atomic E-state index is 0.193. The Labute approximate surface area is 172 Å². The highest BCUT2D eigenvalue weighted by molar-refractivity contribution is 6.39. The van der Waals surface area contributed by atoms with Crippen LogP contribution in [0.3, 0.4) is 0 Å². The van der Waals surface area contributed by atoms with Gasteiger partial charge in [0.2, 0.25) is 0 Å². The summed E-state index contributed by atoms with van der Waals surface area (Å²) in [5.41, 5.74) is 2.44. The lowest BCUT2D eigenvalue weighted by molar-refractivity contribution is -0.144. The summed E-state index contributed by atoms with van der Waals surface area (Å²) >= 11 is 0. The van der Waals surface area contributed by atoms with Crippen LogP contribution in [0.1, 0.15) is 23.6 Å². The number of barbiturate groups is 1. The molecule has 1 unspecified atom stereocenters. The van der Waals surface area contributed by atoms with Gasteiger partial charge < -0.3 is 9.84 Å². The highest BCUT2D eigenvalue weighted by Gasteiger charge is 2.36. The highest BCUT2D eigenvalue weighted by atomic mass is 16.5. The van der Waals surface area contributed by atoms with Crippen molar-refractivity contribution in [1.29, 1.82) is 0 Å². The van der Waals surface area contributed by atoms with Crippen LogP contribution in [0.4, 0.5) is 10.5 Å². The van der Waals surface area contributed by atoms with E-state index in [-0.39, 0.29) is 5.57 Å². The number of carbonyl (C=O) groups excluding carboxylic acids is 3. The molecular weight excluding hydrogens is 388 g/mol. The number of hydrogen-bond donors (Lipinski definition) is 2. The number of anilines is 1. The van der Waals surface area contributed by atoms with Crippen molar-refractivity contribution in [3.05, 3.63) is 64.7 Å². The molecule has 2 N–H and O–H groups in total. The number of benzene rings is 2. The lowest BCUT2D eigenvalue weighted by Gasteiger charge is -2.27. The minimum Gasteiger partial charge on any atom is -0.479 e. The molecule has 0 spiro atoms. The van der Waals surface area contributed by atoms with Crippen molar-refractivity contribution < 1.29 is 29.0 Å². The van der Waals surface area contributed by atoms with E-state index in [2.05, 4.69) is 5.32 Å². The summed E-state index contributed by atoms with van der Waals surface area (Å²) < 4.78 is 5.25. The van der Waals surface area contributed by atoms with E-state index >= 15 is 0 Å². The Morgan fingerprint density at radius 3 is 2.23 bits per heavy atom. The van der Waals surface area contributed by atoms with Gasteiger partial charge in [0.25, 0.3) is 11.8 Å². The molecule has 8 heteroatoms. The number of hydrogen-bond acceptors (Lipinski definition) is 5. The molecule has 0 bridgehead atoms. The molecule has 4 amide bonds. The molecule has 1 aliphatic heterocycles. The maximum Gasteiger partial charge on any atom is 0.344 e. The monoisotopic (exact) mass is 408 g/mol. The van der Waals surface area contributed by atoms with E-state index in [0.29, 0.717) is 17.0 Å². The second-order valence-corrected chi connectivity index (χ2v) is 6.97. The maximum absolute atomic E-state index is 12.9. The molecule has 3 rings (SSSR count). The van der Waals surface area contributed by atoms with Gasteiger partial charge in [-0.05, 0) is 67.8 Å². The largest absolute Gasteiger partial charge is 0.479 e. The number of aryl methyl sites for hydroxylation is 2. The third-order valence-corrected chi connectivity index (χ3v) is 4.42. The predicted octanol–water partition coefficient (Wildman–Crippen LogP) is 2.82. The summed E-state index contributed by atoms with van der Waals surface area (Å²) in [5.74, 6) is -2.28. The van der Waals surface area contributed by atoms with E-state index in [0.717, 1.165) is 16.0 Å². The molecule has 1 fully saturated rings. The Balaban J connectivity index is 1.90. The number of carboxylic acids is 1. The number of imide groups is 2. The highest BCUT2D eigenvalue weighted by Crippen LogP contribution is 2.24. The average Bonchev–Trinajstić information content (AvgIpc) is 2.65. The van der Waals surface area contributed by atoms with Crippen molar-refractivity contribution in [2.75, 3.05) is 4.90 Å². The number of aliphatic carboxylic acids is 1. The molecule has 0 saturated carbocycles. The molecule has 2 aromatic rings. The Kier molecular flexibility index (Phi) is 5.68. The molecule has 1 saturated heterocycles. The van der Waals surface area contributed by atoms with Crippen molar-refractivity contribution in [2.45, 2.75) is 26.9 Å². The number of nitrogens with zero attached hydrogens (tertiary/aromatic N) is 1. The Hall–Kier alpha value is -3.94. The Bertz CT molecular complexity index is 1050. The quantitative estimate of drug-likeness (QED) is 0.581. The molecule has 8 nitrogen and oxygen atoms in total. The summed E-state index contributed by atoms with van der Waals surface area (Å²) in [7, 11) is 0. The zero-order chi connectivity index (χ0) is 22.0. The zero-order valence-electron chi connectivity index (χ0n) is 16.6. The van der Waals surface area contributed by atoms with Gasteiger partial charge in [0.1, 0.15) is 11.3 Å². The molecule has 0 aromatic heterocycles. The number of ether oxygens (including phenoxy) is 1. The summed E-state index contributed by atoms with van der Waals surface area (Å²) in [4.78, 5) is 49.3. The normalized spacial score (nSPS) is 16.4. The average molecular weight is 408 g/mol. The van der Waals surface area contributed by atoms with Gasteiger partial charge in [-0.1, -0.05) is 18.2 Å². The fourth-order valence-corrected chi connectivity index (χ4v) is 3.04. The fraction of sp³-hybridized carbons (Fsp3) is 0.182. The smallest absolute Gasteiger partial charge is 0.344 e. The predicted molar refractivity (Wildman–Crippen MR) is 109 cm³/mol. The summed E-state index contributed by atoms with van der Waals surface area (Å²) in [6, 6.07) is 10.7. The second kappa shape index (κ2) is 8.20. The summed E-state index contributed by atoms with van der Waals surface area (Å²) in [6.07, 6.45) is 0.349. The van der Waals surface area contributed by atoms with Gasteiger partial charge in [-0.25, -0.2) is 14.5 Å². The van der Waals surface area contributed by atoms with Crippen molar-refractivity contribution in [1.82, 2.24) is 5.32 Å². The molecule has 0 radical (unpaired) electrons. The number of nitrogens with one attached hydrogen (secondary N) is 1.